The molecule has 0 unspecified atom stereocenters. The molecule has 21 heavy (non-hydrogen) atoms. The number of hydrogen-bond acceptors (Lipinski definition) is 5. The van der Waals surface area contributed by atoms with Gasteiger partial charge in [-0.15, -0.1) is 10.2 Å². The van der Waals surface area contributed by atoms with Crippen LogP contribution in [0.3, 0.4) is 0 Å². The highest BCUT2D eigenvalue weighted by Crippen LogP contribution is 2.27. The van der Waals surface area contributed by atoms with E-state index in [2.05, 4.69) is 15.5 Å². The summed E-state index contributed by atoms with van der Waals surface area (Å²) < 4.78 is 42.5. The highest BCUT2D eigenvalue weighted by molar-refractivity contribution is 5.57. The Labute approximate surface area is 118 Å². The lowest BCUT2D eigenvalue weighted by molar-refractivity contribution is -0.141. The maximum atomic E-state index is 12.4. The topological polar surface area (TPSA) is 73.1 Å². The molecular formula is C13H13F3N4O. The number of rotatable bonds is 5. The number of hydrogen-bond donors (Lipinski definition) is 2. The van der Waals surface area contributed by atoms with Gasteiger partial charge in [0, 0.05) is 18.3 Å². The van der Waals surface area contributed by atoms with Crippen LogP contribution in [0.5, 0.6) is 5.75 Å². The molecule has 0 atom stereocenters. The fourth-order valence-corrected chi connectivity index (χ4v) is 1.54. The van der Waals surface area contributed by atoms with Gasteiger partial charge in [-0.2, -0.15) is 13.2 Å². The molecule has 1 aromatic heterocycles. The third kappa shape index (κ3) is 4.32. The molecule has 0 saturated heterocycles. The Morgan fingerprint density at radius 3 is 2.57 bits per heavy atom. The van der Waals surface area contributed by atoms with E-state index in [0.717, 1.165) is 6.07 Å². The highest BCUT2D eigenvalue weighted by atomic mass is 19.4. The average Bonchev–Trinajstić information content (AvgIpc) is 2.45. The summed E-state index contributed by atoms with van der Waals surface area (Å²) in [4.78, 5) is 0. The Hall–Kier alpha value is -2.35. The van der Waals surface area contributed by atoms with E-state index in [9.17, 15) is 13.2 Å². The maximum Gasteiger partial charge on any atom is 0.435 e. The van der Waals surface area contributed by atoms with Gasteiger partial charge in [0.1, 0.15) is 12.4 Å². The van der Waals surface area contributed by atoms with E-state index >= 15 is 0 Å². The fraction of sp³-hybridized carbons (Fsp3) is 0.231. The van der Waals surface area contributed by atoms with Crippen LogP contribution in [0.2, 0.25) is 0 Å². The summed E-state index contributed by atoms with van der Waals surface area (Å²) in [6, 6.07) is 8.99. The van der Waals surface area contributed by atoms with Gasteiger partial charge in [0.05, 0.1) is 0 Å². The van der Waals surface area contributed by atoms with E-state index in [1.807, 2.05) is 0 Å². The van der Waals surface area contributed by atoms with Crippen molar-refractivity contribution < 1.29 is 17.9 Å². The zero-order valence-corrected chi connectivity index (χ0v) is 10.9. The quantitative estimate of drug-likeness (QED) is 0.887. The molecule has 2 rings (SSSR count). The Morgan fingerprint density at radius 2 is 1.95 bits per heavy atom. The molecule has 0 fully saturated rings. The third-order valence-electron chi connectivity index (χ3n) is 2.45. The molecule has 112 valence electrons. The molecule has 1 heterocycles. The van der Waals surface area contributed by atoms with Gasteiger partial charge in [-0.25, -0.2) is 0 Å². The SMILES string of the molecule is NCCOc1cccc(Nc2ccc(C(F)(F)F)nn2)c1. The van der Waals surface area contributed by atoms with Crippen molar-refractivity contribution in [3.63, 3.8) is 0 Å². The second kappa shape index (κ2) is 6.40. The zero-order chi connectivity index (χ0) is 15.3. The lowest BCUT2D eigenvalue weighted by atomic mass is 10.3. The molecule has 0 aliphatic carbocycles. The number of anilines is 2. The van der Waals surface area contributed by atoms with Crippen molar-refractivity contribution in [2.75, 3.05) is 18.5 Å². The number of alkyl halides is 3. The first-order valence-electron chi connectivity index (χ1n) is 6.10. The lowest BCUT2D eigenvalue weighted by Gasteiger charge is -2.09. The molecule has 2 aromatic rings. The first-order valence-corrected chi connectivity index (χ1v) is 6.10. The second-order valence-electron chi connectivity index (χ2n) is 4.09. The Bertz CT molecular complexity index is 587. The van der Waals surface area contributed by atoms with E-state index in [-0.39, 0.29) is 5.82 Å². The van der Waals surface area contributed by atoms with Crippen LogP contribution in [-0.2, 0) is 6.18 Å². The summed E-state index contributed by atoms with van der Waals surface area (Å²) in [5.74, 6) is 0.810. The fourth-order valence-electron chi connectivity index (χ4n) is 1.54. The van der Waals surface area contributed by atoms with Crippen LogP contribution in [-0.4, -0.2) is 23.3 Å². The molecule has 0 aliphatic heterocycles. The van der Waals surface area contributed by atoms with Crippen molar-refractivity contribution in [3.8, 4) is 5.75 Å². The number of nitrogens with one attached hydrogen (secondary N) is 1. The van der Waals surface area contributed by atoms with Crippen molar-refractivity contribution in [2.45, 2.75) is 6.18 Å². The standard InChI is InChI=1S/C13H13F3N4O/c14-13(15,16)11-4-5-12(20-19-11)18-9-2-1-3-10(8-9)21-7-6-17/h1-5,8H,6-7,17H2,(H,18,20). The number of halogens is 3. The molecule has 0 saturated carbocycles. The van der Waals surface area contributed by atoms with Crippen molar-refractivity contribution >= 4 is 11.5 Å². The third-order valence-corrected chi connectivity index (χ3v) is 2.45. The molecule has 0 spiro atoms. The molecule has 8 heteroatoms. The van der Waals surface area contributed by atoms with Gasteiger partial charge in [-0.05, 0) is 24.3 Å². The van der Waals surface area contributed by atoms with E-state index in [1.165, 1.54) is 6.07 Å². The number of nitrogens with zero attached hydrogens (tertiary/aromatic N) is 2. The lowest BCUT2D eigenvalue weighted by Crippen LogP contribution is -2.10. The van der Waals surface area contributed by atoms with Crippen LogP contribution < -0.4 is 15.8 Å². The summed E-state index contributed by atoms with van der Waals surface area (Å²) in [5.41, 5.74) is 4.93. The monoisotopic (exact) mass is 298 g/mol. The zero-order valence-electron chi connectivity index (χ0n) is 10.9. The van der Waals surface area contributed by atoms with Gasteiger partial charge in [0.25, 0.3) is 0 Å². The Morgan fingerprint density at radius 1 is 1.14 bits per heavy atom. The molecular weight excluding hydrogens is 285 g/mol. The molecule has 5 nitrogen and oxygen atoms in total. The molecule has 0 amide bonds. The van der Waals surface area contributed by atoms with Gasteiger partial charge in [-0.1, -0.05) is 6.07 Å². The van der Waals surface area contributed by atoms with Gasteiger partial charge >= 0.3 is 6.18 Å². The number of nitrogens with two attached hydrogens (primary N) is 1. The van der Waals surface area contributed by atoms with Crippen molar-refractivity contribution in [1.29, 1.82) is 0 Å². The molecule has 0 aliphatic rings. The average molecular weight is 298 g/mol. The second-order valence-corrected chi connectivity index (χ2v) is 4.09. The van der Waals surface area contributed by atoms with E-state index in [1.54, 1.807) is 24.3 Å². The number of benzene rings is 1. The van der Waals surface area contributed by atoms with Crippen molar-refractivity contribution in [1.82, 2.24) is 10.2 Å². The van der Waals surface area contributed by atoms with Gasteiger partial charge in [-0.3, -0.25) is 0 Å². The van der Waals surface area contributed by atoms with E-state index < -0.39 is 11.9 Å². The molecule has 0 bridgehead atoms. The predicted molar refractivity (Wildman–Crippen MR) is 71.3 cm³/mol. The summed E-state index contributed by atoms with van der Waals surface area (Å²) in [5, 5.41) is 9.47. The van der Waals surface area contributed by atoms with Crippen LogP contribution in [0.15, 0.2) is 36.4 Å². The van der Waals surface area contributed by atoms with Crippen molar-refractivity contribution in [2.24, 2.45) is 5.73 Å². The van der Waals surface area contributed by atoms with Crippen molar-refractivity contribution in [3.05, 3.63) is 42.1 Å². The normalized spacial score (nSPS) is 11.2. The van der Waals surface area contributed by atoms with E-state index in [0.29, 0.717) is 24.6 Å². The minimum absolute atomic E-state index is 0.207. The summed E-state index contributed by atoms with van der Waals surface area (Å²) in [6.07, 6.45) is -4.50. The summed E-state index contributed by atoms with van der Waals surface area (Å²) in [6.45, 7) is 0.769. The smallest absolute Gasteiger partial charge is 0.435 e. The van der Waals surface area contributed by atoms with Gasteiger partial charge < -0.3 is 15.8 Å². The summed E-state index contributed by atoms with van der Waals surface area (Å²) >= 11 is 0. The van der Waals surface area contributed by atoms with Gasteiger partial charge in [0.2, 0.25) is 0 Å². The molecule has 3 N–H and O–H groups in total. The van der Waals surface area contributed by atoms with E-state index in [4.69, 9.17) is 10.5 Å². The minimum Gasteiger partial charge on any atom is -0.492 e. The Kier molecular flexibility index (Phi) is 4.59. The van der Waals surface area contributed by atoms with Crippen LogP contribution in [0.25, 0.3) is 0 Å². The minimum atomic E-state index is -4.50. The maximum absolute atomic E-state index is 12.4. The largest absolute Gasteiger partial charge is 0.492 e. The summed E-state index contributed by atoms with van der Waals surface area (Å²) in [7, 11) is 0. The predicted octanol–water partition coefficient (Wildman–Crippen LogP) is 2.58. The number of aromatic nitrogens is 2. The highest BCUT2D eigenvalue weighted by Gasteiger charge is 2.32. The molecule has 0 radical (unpaired) electrons. The number of ether oxygens (including phenoxy) is 1. The van der Waals surface area contributed by atoms with Crippen LogP contribution >= 0.6 is 0 Å². The molecule has 1 aromatic carbocycles. The first-order chi connectivity index (χ1) is 9.99. The Balaban J connectivity index is 2.07. The van der Waals surface area contributed by atoms with Crippen LogP contribution in [0, 0.1) is 0 Å². The van der Waals surface area contributed by atoms with Crippen LogP contribution in [0.1, 0.15) is 5.69 Å². The van der Waals surface area contributed by atoms with Gasteiger partial charge in [0.15, 0.2) is 11.5 Å². The first kappa shape index (κ1) is 15.0. The van der Waals surface area contributed by atoms with Crippen LogP contribution in [0.4, 0.5) is 24.7 Å².